The molecule has 1 heterocycles. The number of nitrogens with two attached hydrogens (primary N) is 1. The first-order valence-electron chi connectivity index (χ1n) is 6.46. The summed E-state index contributed by atoms with van der Waals surface area (Å²) in [5, 5.41) is 1.90. The lowest BCUT2D eigenvalue weighted by Crippen LogP contribution is -2.03. The first-order chi connectivity index (χ1) is 9.79. The second kappa shape index (κ2) is 5.23. The molecule has 0 saturated carbocycles. The van der Waals surface area contributed by atoms with Gasteiger partial charge in [0.05, 0.1) is 0 Å². The van der Waals surface area contributed by atoms with Gasteiger partial charge in [0.15, 0.2) is 5.78 Å². The fourth-order valence-electron chi connectivity index (χ4n) is 2.27. The van der Waals surface area contributed by atoms with Crippen molar-refractivity contribution in [2.45, 2.75) is 6.54 Å². The number of carbonyl (C=O) groups is 1. The molecular formula is C17H14N2O. The predicted octanol–water partition coefficient (Wildman–Crippen LogP) is 2.92. The maximum Gasteiger partial charge on any atom is 0.193 e. The zero-order valence-electron chi connectivity index (χ0n) is 10.9. The Morgan fingerprint density at radius 3 is 2.60 bits per heavy atom. The lowest BCUT2D eigenvalue weighted by atomic mass is 9.97. The van der Waals surface area contributed by atoms with Crippen LogP contribution in [-0.2, 0) is 6.54 Å². The van der Waals surface area contributed by atoms with E-state index in [0.29, 0.717) is 17.7 Å². The van der Waals surface area contributed by atoms with E-state index < -0.39 is 0 Å². The number of hydrogen-bond donors (Lipinski definition) is 1. The molecule has 0 radical (unpaired) electrons. The fraction of sp³-hybridized carbons (Fsp3) is 0.0588. The molecule has 0 unspecified atom stereocenters. The number of rotatable bonds is 3. The lowest BCUT2D eigenvalue weighted by Gasteiger charge is -2.06. The van der Waals surface area contributed by atoms with E-state index in [0.717, 1.165) is 16.3 Å². The molecule has 0 amide bonds. The number of benzene rings is 2. The zero-order valence-corrected chi connectivity index (χ0v) is 10.9. The van der Waals surface area contributed by atoms with Crippen molar-refractivity contribution in [3.05, 3.63) is 77.6 Å². The third-order valence-corrected chi connectivity index (χ3v) is 3.38. The summed E-state index contributed by atoms with van der Waals surface area (Å²) in [6, 6.07) is 15.0. The van der Waals surface area contributed by atoms with E-state index in [2.05, 4.69) is 4.98 Å². The van der Waals surface area contributed by atoms with E-state index in [4.69, 9.17) is 5.73 Å². The first kappa shape index (κ1) is 12.5. The molecule has 2 aromatic carbocycles. The second-order valence-corrected chi connectivity index (χ2v) is 4.63. The summed E-state index contributed by atoms with van der Waals surface area (Å²) in [7, 11) is 0. The number of nitrogens with zero attached hydrogens (tertiary/aromatic N) is 1. The first-order valence-corrected chi connectivity index (χ1v) is 6.46. The van der Waals surface area contributed by atoms with Crippen LogP contribution in [0.5, 0.6) is 0 Å². The summed E-state index contributed by atoms with van der Waals surface area (Å²) in [6.07, 6.45) is 3.47. The molecule has 20 heavy (non-hydrogen) atoms. The van der Waals surface area contributed by atoms with Crippen molar-refractivity contribution in [3.63, 3.8) is 0 Å². The van der Waals surface area contributed by atoms with Gasteiger partial charge in [0.25, 0.3) is 0 Å². The highest BCUT2D eigenvalue weighted by atomic mass is 16.1. The SMILES string of the molecule is NCc1ccc(C(=O)c2cccc3cnccc23)cc1. The molecule has 3 aromatic rings. The topological polar surface area (TPSA) is 56.0 Å². The summed E-state index contributed by atoms with van der Waals surface area (Å²) < 4.78 is 0. The van der Waals surface area contributed by atoms with Crippen LogP contribution in [0.3, 0.4) is 0 Å². The number of aromatic nitrogens is 1. The Hall–Kier alpha value is -2.52. The van der Waals surface area contributed by atoms with Gasteiger partial charge < -0.3 is 5.73 Å². The van der Waals surface area contributed by atoms with Crippen molar-refractivity contribution >= 4 is 16.6 Å². The van der Waals surface area contributed by atoms with Crippen molar-refractivity contribution in [2.24, 2.45) is 5.73 Å². The minimum absolute atomic E-state index is 0.0189. The zero-order chi connectivity index (χ0) is 13.9. The van der Waals surface area contributed by atoms with Gasteiger partial charge in [-0.3, -0.25) is 9.78 Å². The second-order valence-electron chi connectivity index (χ2n) is 4.63. The maximum atomic E-state index is 12.6. The molecule has 0 aliphatic heterocycles. The number of hydrogen-bond acceptors (Lipinski definition) is 3. The monoisotopic (exact) mass is 262 g/mol. The molecule has 2 N–H and O–H groups in total. The van der Waals surface area contributed by atoms with Crippen LogP contribution in [0.1, 0.15) is 21.5 Å². The standard InChI is InChI=1S/C17H14N2O/c18-10-12-4-6-13(7-5-12)17(20)16-3-1-2-14-11-19-9-8-15(14)16/h1-9,11H,10,18H2. The number of ketones is 1. The van der Waals surface area contributed by atoms with E-state index in [9.17, 15) is 4.79 Å². The van der Waals surface area contributed by atoms with Crippen LogP contribution < -0.4 is 5.73 Å². The van der Waals surface area contributed by atoms with Gasteiger partial charge in [0.1, 0.15) is 0 Å². The molecule has 0 aliphatic rings. The van der Waals surface area contributed by atoms with Crippen LogP contribution in [0, 0.1) is 0 Å². The average molecular weight is 262 g/mol. The van der Waals surface area contributed by atoms with Gasteiger partial charge in [-0.1, -0.05) is 42.5 Å². The molecule has 0 bridgehead atoms. The third kappa shape index (κ3) is 2.19. The van der Waals surface area contributed by atoms with E-state index >= 15 is 0 Å². The Labute approximate surface area is 117 Å². The molecule has 3 nitrogen and oxygen atoms in total. The van der Waals surface area contributed by atoms with Crippen LogP contribution in [0.15, 0.2) is 60.9 Å². The molecule has 3 rings (SSSR count). The summed E-state index contributed by atoms with van der Waals surface area (Å²) >= 11 is 0. The predicted molar refractivity (Wildman–Crippen MR) is 79.5 cm³/mol. The van der Waals surface area contributed by atoms with Gasteiger partial charge in [0.2, 0.25) is 0 Å². The Morgan fingerprint density at radius 2 is 1.85 bits per heavy atom. The van der Waals surface area contributed by atoms with Crippen molar-refractivity contribution in [1.29, 1.82) is 0 Å². The maximum absolute atomic E-state index is 12.6. The van der Waals surface area contributed by atoms with Crippen molar-refractivity contribution in [1.82, 2.24) is 4.98 Å². The molecule has 0 atom stereocenters. The molecule has 1 aromatic heterocycles. The Bertz CT molecular complexity index is 758. The van der Waals surface area contributed by atoms with Gasteiger partial charge in [-0.05, 0) is 17.0 Å². The van der Waals surface area contributed by atoms with Crippen LogP contribution in [-0.4, -0.2) is 10.8 Å². The number of fused-ring (bicyclic) bond motifs is 1. The van der Waals surface area contributed by atoms with E-state index in [1.165, 1.54) is 0 Å². The van der Waals surface area contributed by atoms with Gasteiger partial charge in [-0.15, -0.1) is 0 Å². The van der Waals surface area contributed by atoms with Crippen molar-refractivity contribution in [3.8, 4) is 0 Å². The Balaban J connectivity index is 2.07. The number of carbonyl (C=O) groups excluding carboxylic acids is 1. The highest BCUT2D eigenvalue weighted by molar-refractivity contribution is 6.16. The molecule has 3 heteroatoms. The summed E-state index contributed by atoms with van der Waals surface area (Å²) in [5.74, 6) is 0.0189. The van der Waals surface area contributed by atoms with Crippen LogP contribution in [0.4, 0.5) is 0 Å². The smallest absolute Gasteiger partial charge is 0.193 e. The van der Waals surface area contributed by atoms with Crippen LogP contribution in [0.25, 0.3) is 10.8 Å². The largest absolute Gasteiger partial charge is 0.326 e. The molecule has 0 spiro atoms. The normalized spacial score (nSPS) is 10.7. The van der Waals surface area contributed by atoms with Crippen molar-refractivity contribution < 1.29 is 4.79 Å². The Morgan fingerprint density at radius 1 is 1.05 bits per heavy atom. The van der Waals surface area contributed by atoms with Gasteiger partial charge in [-0.25, -0.2) is 0 Å². The lowest BCUT2D eigenvalue weighted by molar-refractivity contribution is 0.104. The van der Waals surface area contributed by atoms with Crippen molar-refractivity contribution in [2.75, 3.05) is 0 Å². The summed E-state index contributed by atoms with van der Waals surface area (Å²) in [4.78, 5) is 16.7. The highest BCUT2D eigenvalue weighted by Crippen LogP contribution is 2.20. The Kier molecular flexibility index (Phi) is 3.27. The van der Waals surface area contributed by atoms with Gasteiger partial charge >= 0.3 is 0 Å². The molecule has 0 aliphatic carbocycles. The highest BCUT2D eigenvalue weighted by Gasteiger charge is 2.12. The van der Waals surface area contributed by atoms with Gasteiger partial charge in [-0.2, -0.15) is 0 Å². The van der Waals surface area contributed by atoms with Gasteiger partial charge in [0, 0.05) is 35.5 Å². The molecule has 0 fully saturated rings. The number of pyridine rings is 1. The summed E-state index contributed by atoms with van der Waals surface area (Å²) in [5.41, 5.74) is 7.96. The van der Waals surface area contributed by atoms with E-state index in [1.807, 2.05) is 48.5 Å². The molecular weight excluding hydrogens is 248 g/mol. The molecule has 0 saturated heterocycles. The van der Waals surface area contributed by atoms with E-state index in [1.54, 1.807) is 12.4 Å². The van der Waals surface area contributed by atoms with Crippen LogP contribution >= 0.6 is 0 Å². The fourth-order valence-corrected chi connectivity index (χ4v) is 2.27. The van der Waals surface area contributed by atoms with E-state index in [-0.39, 0.29) is 5.78 Å². The minimum Gasteiger partial charge on any atom is -0.326 e. The molecule has 98 valence electrons. The minimum atomic E-state index is 0.0189. The third-order valence-electron chi connectivity index (χ3n) is 3.38. The summed E-state index contributed by atoms with van der Waals surface area (Å²) in [6.45, 7) is 0.481. The quantitative estimate of drug-likeness (QED) is 0.738. The average Bonchev–Trinajstić information content (AvgIpc) is 2.54. The van der Waals surface area contributed by atoms with Crippen LogP contribution in [0.2, 0.25) is 0 Å².